The molecule has 1 fully saturated rings. The lowest BCUT2D eigenvalue weighted by molar-refractivity contribution is -0.131. The van der Waals surface area contributed by atoms with E-state index < -0.39 is 6.10 Å². The van der Waals surface area contributed by atoms with Crippen molar-refractivity contribution in [3.05, 3.63) is 101 Å². The first kappa shape index (κ1) is 22.9. The molecular weight excluding hydrogens is 422 g/mol. The number of benzene rings is 3. The summed E-state index contributed by atoms with van der Waals surface area (Å²) in [6, 6.07) is 26.4. The Kier molecular flexibility index (Phi) is 7.86. The fourth-order valence-corrected chi connectivity index (χ4v) is 3.98. The largest absolute Gasteiger partial charge is 0.483 e. The molecule has 5 nitrogen and oxygen atoms in total. The number of hydrogen-bond acceptors (Lipinski definition) is 4. The highest BCUT2D eigenvalue weighted by Crippen LogP contribution is 2.40. The zero-order chi connectivity index (χ0) is 22.9. The Hall–Kier alpha value is -3.80. The molecule has 0 spiro atoms. The van der Waals surface area contributed by atoms with E-state index in [1.807, 2.05) is 59.5 Å². The van der Waals surface area contributed by atoms with Crippen molar-refractivity contribution in [3.8, 4) is 18.4 Å². The first-order chi connectivity index (χ1) is 15.7. The van der Waals surface area contributed by atoms with E-state index in [9.17, 15) is 4.79 Å². The van der Waals surface area contributed by atoms with E-state index in [0.717, 1.165) is 17.5 Å². The molecule has 160 valence electrons. The summed E-state index contributed by atoms with van der Waals surface area (Å²) in [5.74, 6) is 0.771. The van der Waals surface area contributed by atoms with Gasteiger partial charge in [-0.1, -0.05) is 54.1 Å². The monoisotopic (exact) mass is 443 g/mol. The molecule has 0 bridgehead atoms. The van der Waals surface area contributed by atoms with Crippen molar-refractivity contribution in [1.82, 2.24) is 4.90 Å². The van der Waals surface area contributed by atoms with Crippen LogP contribution in [0.5, 0.6) is 5.75 Å². The van der Waals surface area contributed by atoms with Gasteiger partial charge in [0.05, 0.1) is 17.7 Å². The van der Waals surface area contributed by atoms with Gasteiger partial charge in [0.25, 0.3) is 0 Å². The van der Waals surface area contributed by atoms with E-state index in [1.165, 1.54) is 0 Å². The van der Waals surface area contributed by atoms with Crippen LogP contribution in [0, 0.1) is 23.2 Å². The summed E-state index contributed by atoms with van der Waals surface area (Å²) < 4.78 is 6.47. The number of nitrogens with zero attached hydrogens (tertiary/aromatic N) is 3. The molecule has 4 rings (SSSR count). The topological polar surface area (TPSA) is 77.1 Å². The highest BCUT2D eigenvalue weighted by molar-refractivity contribution is 6.30. The van der Waals surface area contributed by atoms with E-state index in [-0.39, 0.29) is 11.9 Å². The van der Waals surface area contributed by atoms with Crippen molar-refractivity contribution in [3.63, 3.8) is 0 Å². The van der Waals surface area contributed by atoms with Gasteiger partial charge in [0, 0.05) is 24.6 Å². The van der Waals surface area contributed by atoms with Crippen LogP contribution in [0.2, 0.25) is 5.02 Å². The standard InChI is InChI=1S/C25H21ClN2O2.CHN/c26-21-12-10-20(11-13-21)25(30-22-14-8-18(17-27)9-15-22)24(19-5-2-1-3-6-19)28-16-4-7-23(28)29;1-2/h1-3,5-6,8-15,24-25H,4,7,16H2;1H. The van der Waals surface area contributed by atoms with Crippen LogP contribution >= 0.6 is 11.6 Å². The SMILES string of the molecule is C#N.N#Cc1ccc(OC(c2ccc(Cl)cc2)C(c2ccccc2)N2CCCC2=O)cc1. The van der Waals surface area contributed by atoms with Gasteiger partial charge in [0.15, 0.2) is 0 Å². The number of amides is 1. The zero-order valence-electron chi connectivity index (χ0n) is 17.4. The molecule has 0 saturated carbocycles. The summed E-state index contributed by atoms with van der Waals surface area (Å²) in [6.07, 6.45) is 0.958. The summed E-state index contributed by atoms with van der Waals surface area (Å²) in [6.45, 7) is 4.19. The van der Waals surface area contributed by atoms with Crippen molar-refractivity contribution < 1.29 is 9.53 Å². The van der Waals surface area contributed by atoms with E-state index in [2.05, 4.69) is 12.6 Å². The third-order valence-corrected chi connectivity index (χ3v) is 5.57. The molecule has 0 radical (unpaired) electrons. The molecule has 1 aliphatic heterocycles. The fraction of sp³-hybridized carbons (Fsp3) is 0.192. The molecule has 3 aromatic carbocycles. The van der Waals surface area contributed by atoms with Gasteiger partial charge in [-0.3, -0.25) is 4.79 Å². The van der Waals surface area contributed by atoms with Crippen LogP contribution in [0.3, 0.4) is 0 Å². The Bertz CT molecular complexity index is 1090. The van der Waals surface area contributed by atoms with Crippen LogP contribution in [0.25, 0.3) is 0 Å². The van der Waals surface area contributed by atoms with Gasteiger partial charge < -0.3 is 9.64 Å². The molecule has 3 aromatic rings. The number of carbonyl (C=O) groups excluding carboxylic acids is 1. The third-order valence-electron chi connectivity index (χ3n) is 5.32. The lowest BCUT2D eigenvalue weighted by Gasteiger charge is -2.35. The predicted molar refractivity (Wildman–Crippen MR) is 123 cm³/mol. The zero-order valence-corrected chi connectivity index (χ0v) is 18.2. The maximum absolute atomic E-state index is 12.7. The van der Waals surface area contributed by atoms with Crippen LogP contribution in [-0.2, 0) is 4.79 Å². The maximum atomic E-state index is 12.7. The predicted octanol–water partition coefficient (Wildman–Crippen LogP) is 5.84. The second-order valence-electron chi connectivity index (χ2n) is 7.27. The second-order valence-corrected chi connectivity index (χ2v) is 7.71. The number of halogens is 1. The Morgan fingerprint density at radius 1 is 0.938 bits per heavy atom. The Morgan fingerprint density at radius 2 is 1.59 bits per heavy atom. The van der Waals surface area contributed by atoms with Crippen molar-refractivity contribution in [2.24, 2.45) is 0 Å². The molecule has 1 aliphatic rings. The maximum Gasteiger partial charge on any atom is 0.223 e. The third kappa shape index (κ3) is 5.27. The molecule has 1 saturated heterocycles. The Morgan fingerprint density at radius 3 is 2.16 bits per heavy atom. The summed E-state index contributed by atoms with van der Waals surface area (Å²) in [5, 5.41) is 16.2. The van der Waals surface area contributed by atoms with Gasteiger partial charge in [-0.25, -0.2) is 5.26 Å². The van der Waals surface area contributed by atoms with Gasteiger partial charge in [-0.15, -0.1) is 0 Å². The lowest BCUT2D eigenvalue weighted by Crippen LogP contribution is -2.36. The van der Waals surface area contributed by atoms with Crippen molar-refractivity contribution >= 4 is 17.5 Å². The number of ether oxygens (including phenoxy) is 1. The minimum absolute atomic E-state index is 0.131. The van der Waals surface area contributed by atoms with Crippen LogP contribution in [0.15, 0.2) is 78.9 Å². The molecule has 1 amide bonds. The molecule has 0 aromatic heterocycles. The molecule has 6 heteroatoms. The van der Waals surface area contributed by atoms with Crippen LogP contribution < -0.4 is 4.74 Å². The number of carbonyl (C=O) groups is 1. The minimum atomic E-state index is -0.431. The molecular formula is C26H22ClN3O2. The van der Waals surface area contributed by atoms with Crippen molar-refractivity contribution in [1.29, 1.82) is 10.5 Å². The van der Waals surface area contributed by atoms with Crippen LogP contribution in [-0.4, -0.2) is 17.4 Å². The Labute approximate surface area is 193 Å². The highest BCUT2D eigenvalue weighted by atomic mass is 35.5. The molecule has 1 heterocycles. The van der Waals surface area contributed by atoms with E-state index >= 15 is 0 Å². The molecule has 0 N–H and O–H groups in total. The van der Waals surface area contributed by atoms with Gasteiger partial charge in [-0.2, -0.15) is 5.26 Å². The quantitative estimate of drug-likeness (QED) is 0.479. The summed E-state index contributed by atoms with van der Waals surface area (Å²) in [4.78, 5) is 14.6. The average molecular weight is 444 g/mol. The number of nitriles is 2. The number of rotatable bonds is 6. The van der Waals surface area contributed by atoms with Crippen molar-refractivity contribution in [2.45, 2.75) is 25.0 Å². The van der Waals surface area contributed by atoms with E-state index in [1.54, 1.807) is 24.3 Å². The second kappa shape index (κ2) is 11.0. The van der Waals surface area contributed by atoms with Gasteiger partial charge in [-0.05, 0) is 53.9 Å². The van der Waals surface area contributed by atoms with Gasteiger partial charge >= 0.3 is 0 Å². The fourth-order valence-electron chi connectivity index (χ4n) is 3.85. The van der Waals surface area contributed by atoms with Crippen LogP contribution in [0.1, 0.15) is 41.7 Å². The average Bonchev–Trinajstić information content (AvgIpc) is 3.27. The lowest BCUT2D eigenvalue weighted by atomic mass is 9.94. The minimum Gasteiger partial charge on any atom is -0.483 e. The number of likely N-dealkylation sites (tertiary alicyclic amines) is 1. The van der Waals surface area contributed by atoms with Crippen LogP contribution in [0.4, 0.5) is 0 Å². The summed E-state index contributed by atoms with van der Waals surface area (Å²) in [5.41, 5.74) is 2.51. The molecule has 0 aliphatic carbocycles. The number of hydrogen-bond donors (Lipinski definition) is 0. The smallest absolute Gasteiger partial charge is 0.223 e. The van der Waals surface area contributed by atoms with Gasteiger partial charge in [0.2, 0.25) is 5.91 Å². The molecule has 2 atom stereocenters. The summed E-state index contributed by atoms with van der Waals surface area (Å²) in [7, 11) is 0. The highest BCUT2D eigenvalue weighted by Gasteiger charge is 2.37. The van der Waals surface area contributed by atoms with Gasteiger partial charge in [0.1, 0.15) is 11.9 Å². The Balaban J connectivity index is 0.00000141. The normalized spacial score (nSPS) is 14.6. The van der Waals surface area contributed by atoms with Crippen molar-refractivity contribution in [2.75, 3.05) is 6.54 Å². The van der Waals surface area contributed by atoms with E-state index in [0.29, 0.717) is 29.3 Å². The summed E-state index contributed by atoms with van der Waals surface area (Å²) >= 11 is 6.12. The first-order valence-corrected chi connectivity index (χ1v) is 10.6. The first-order valence-electron chi connectivity index (χ1n) is 10.2. The van der Waals surface area contributed by atoms with E-state index in [4.69, 9.17) is 26.9 Å². The molecule has 32 heavy (non-hydrogen) atoms. The molecule has 2 unspecified atom stereocenters.